The summed E-state index contributed by atoms with van der Waals surface area (Å²) >= 11 is 3.22. The Morgan fingerprint density at radius 1 is 1.14 bits per heavy atom. The van der Waals surface area contributed by atoms with Crippen molar-refractivity contribution in [3.8, 4) is 0 Å². The van der Waals surface area contributed by atoms with Gasteiger partial charge in [-0.15, -0.1) is 0 Å². The predicted molar refractivity (Wildman–Crippen MR) is 81.6 cm³/mol. The van der Waals surface area contributed by atoms with Gasteiger partial charge >= 0.3 is 5.97 Å². The fourth-order valence-electron chi connectivity index (χ4n) is 1.71. The highest BCUT2D eigenvalue weighted by molar-refractivity contribution is 9.10. The van der Waals surface area contributed by atoms with Crippen LogP contribution >= 0.6 is 15.9 Å². The summed E-state index contributed by atoms with van der Waals surface area (Å²) < 4.78 is 27.4. The van der Waals surface area contributed by atoms with Crippen LogP contribution in [0.15, 0.2) is 57.9 Å². The summed E-state index contributed by atoms with van der Waals surface area (Å²) in [5.74, 6) is -1.05. The van der Waals surface area contributed by atoms with Gasteiger partial charge in [-0.3, -0.25) is 0 Å². The molecule has 0 aliphatic rings. The van der Waals surface area contributed by atoms with E-state index in [1.165, 1.54) is 24.3 Å². The molecule has 0 unspecified atom stereocenters. The second kappa shape index (κ2) is 6.38. The Kier molecular flexibility index (Phi) is 4.76. The molecule has 0 saturated heterocycles. The molecule has 5 nitrogen and oxygen atoms in total. The minimum absolute atomic E-state index is 0.0238. The largest absolute Gasteiger partial charge is 0.478 e. The molecule has 0 bridgehead atoms. The standard InChI is InChI=1S/C14H12BrNO4S/c15-12-5-2-6-13(8-12)21(19,20)16-9-10-3-1-4-11(7-10)14(17)18/h1-8,16H,9H2,(H,17,18). The van der Waals surface area contributed by atoms with Gasteiger partial charge < -0.3 is 5.11 Å². The topological polar surface area (TPSA) is 83.5 Å². The number of nitrogens with one attached hydrogen (secondary N) is 1. The Hall–Kier alpha value is -1.70. The number of sulfonamides is 1. The highest BCUT2D eigenvalue weighted by Gasteiger charge is 2.14. The van der Waals surface area contributed by atoms with Crippen LogP contribution in [0, 0.1) is 0 Å². The monoisotopic (exact) mass is 369 g/mol. The van der Waals surface area contributed by atoms with Gasteiger partial charge in [0.25, 0.3) is 0 Å². The summed E-state index contributed by atoms with van der Waals surface area (Å²) in [5, 5.41) is 8.90. The minimum Gasteiger partial charge on any atom is -0.478 e. The van der Waals surface area contributed by atoms with E-state index in [4.69, 9.17) is 5.11 Å². The summed E-state index contributed by atoms with van der Waals surface area (Å²) in [4.78, 5) is 11.0. The molecule has 21 heavy (non-hydrogen) atoms. The van der Waals surface area contributed by atoms with Crippen LogP contribution in [0.1, 0.15) is 15.9 Å². The van der Waals surface area contributed by atoms with E-state index in [9.17, 15) is 13.2 Å². The van der Waals surface area contributed by atoms with Crippen molar-refractivity contribution in [3.63, 3.8) is 0 Å². The fourth-order valence-corrected chi connectivity index (χ4v) is 3.32. The maximum Gasteiger partial charge on any atom is 0.335 e. The van der Waals surface area contributed by atoms with Gasteiger partial charge in [0, 0.05) is 11.0 Å². The van der Waals surface area contributed by atoms with Gasteiger partial charge in [0.1, 0.15) is 0 Å². The molecule has 0 saturated carbocycles. The van der Waals surface area contributed by atoms with Gasteiger partial charge in [-0.2, -0.15) is 0 Å². The summed E-state index contributed by atoms with van der Waals surface area (Å²) in [6.45, 7) is 0.0238. The zero-order chi connectivity index (χ0) is 15.5. The lowest BCUT2D eigenvalue weighted by Crippen LogP contribution is -2.23. The third kappa shape index (κ3) is 4.13. The van der Waals surface area contributed by atoms with E-state index in [0.29, 0.717) is 10.0 Å². The molecule has 0 atom stereocenters. The molecule has 7 heteroatoms. The molecule has 2 N–H and O–H groups in total. The van der Waals surface area contributed by atoms with Crippen molar-refractivity contribution >= 4 is 31.9 Å². The van der Waals surface area contributed by atoms with Crippen molar-refractivity contribution in [2.45, 2.75) is 11.4 Å². The van der Waals surface area contributed by atoms with Crippen molar-refractivity contribution in [1.82, 2.24) is 4.72 Å². The molecule has 2 rings (SSSR count). The van der Waals surface area contributed by atoms with Crippen molar-refractivity contribution in [3.05, 3.63) is 64.1 Å². The highest BCUT2D eigenvalue weighted by Crippen LogP contribution is 2.16. The second-order valence-corrected chi connectivity index (χ2v) is 6.97. The van der Waals surface area contributed by atoms with Crippen LogP contribution in [0.4, 0.5) is 0 Å². The Morgan fingerprint density at radius 3 is 2.52 bits per heavy atom. The molecule has 2 aromatic rings. The van der Waals surface area contributed by atoms with Crippen LogP contribution in [0.25, 0.3) is 0 Å². The summed E-state index contributed by atoms with van der Waals surface area (Å²) in [5.41, 5.74) is 0.697. The first-order chi connectivity index (χ1) is 9.88. The average Bonchev–Trinajstić information content (AvgIpc) is 2.45. The molecule has 0 heterocycles. The number of halogens is 1. The van der Waals surface area contributed by atoms with Crippen LogP contribution < -0.4 is 4.72 Å². The number of aromatic carboxylic acids is 1. The number of hydrogen-bond acceptors (Lipinski definition) is 3. The van der Waals surface area contributed by atoms with Gasteiger partial charge in [0.2, 0.25) is 10.0 Å². The van der Waals surface area contributed by atoms with E-state index < -0.39 is 16.0 Å². The van der Waals surface area contributed by atoms with Gasteiger partial charge in [0.15, 0.2) is 0 Å². The Morgan fingerprint density at radius 2 is 1.86 bits per heavy atom. The molecule has 0 radical (unpaired) electrons. The Labute approximate surface area is 130 Å². The normalized spacial score (nSPS) is 11.3. The molecular formula is C14H12BrNO4S. The average molecular weight is 370 g/mol. The van der Waals surface area contributed by atoms with Crippen molar-refractivity contribution in [2.75, 3.05) is 0 Å². The maximum absolute atomic E-state index is 12.1. The molecule has 0 aromatic heterocycles. The first kappa shape index (κ1) is 15.7. The molecular weight excluding hydrogens is 358 g/mol. The van der Waals surface area contributed by atoms with Gasteiger partial charge in [-0.05, 0) is 35.9 Å². The number of carbonyl (C=O) groups is 1. The lowest BCUT2D eigenvalue weighted by atomic mass is 10.1. The van der Waals surface area contributed by atoms with Crippen molar-refractivity contribution in [1.29, 1.82) is 0 Å². The zero-order valence-electron chi connectivity index (χ0n) is 10.8. The zero-order valence-corrected chi connectivity index (χ0v) is 13.2. The molecule has 0 aliphatic heterocycles. The van der Waals surface area contributed by atoms with E-state index >= 15 is 0 Å². The first-order valence-corrected chi connectivity index (χ1v) is 8.23. The molecule has 0 amide bonds. The first-order valence-electron chi connectivity index (χ1n) is 5.96. The summed E-state index contributed by atoms with van der Waals surface area (Å²) in [6, 6.07) is 12.5. The van der Waals surface area contributed by atoms with E-state index in [-0.39, 0.29) is 17.0 Å². The van der Waals surface area contributed by atoms with Gasteiger partial charge in [0.05, 0.1) is 10.5 Å². The Bertz CT molecular complexity index is 774. The van der Waals surface area contributed by atoms with Crippen LogP contribution in [-0.2, 0) is 16.6 Å². The third-order valence-electron chi connectivity index (χ3n) is 2.75. The smallest absolute Gasteiger partial charge is 0.335 e. The third-order valence-corrected chi connectivity index (χ3v) is 4.64. The SMILES string of the molecule is O=C(O)c1cccc(CNS(=O)(=O)c2cccc(Br)c2)c1. The minimum atomic E-state index is -3.64. The lowest BCUT2D eigenvalue weighted by Gasteiger charge is -2.07. The predicted octanol–water partition coefficient (Wildman–Crippen LogP) is 2.63. The summed E-state index contributed by atoms with van der Waals surface area (Å²) in [6.07, 6.45) is 0. The second-order valence-electron chi connectivity index (χ2n) is 4.29. The number of hydrogen-bond donors (Lipinski definition) is 2. The molecule has 110 valence electrons. The van der Waals surface area contributed by atoms with Crippen LogP contribution in [0.5, 0.6) is 0 Å². The molecule has 2 aromatic carbocycles. The quantitative estimate of drug-likeness (QED) is 0.848. The van der Waals surface area contributed by atoms with Crippen LogP contribution in [0.2, 0.25) is 0 Å². The van der Waals surface area contributed by atoms with Crippen molar-refractivity contribution < 1.29 is 18.3 Å². The lowest BCUT2D eigenvalue weighted by molar-refractivity contribution is 0.0696. The van der Waals surface area contributed by atoms with Crippen LogP contribution in [-0.4, -0.2) is 19.5 Å². The van der Waals surface area contributed by atoms with E-state index in [1.807, 2.05) is 0 Å². The highest BCUT2D eigenvalue weighted by atomic mass is 79.9. The van der Waals surface area contributed by atoms with Crippen LogP contribution in [0.3, 0.4) is 0 Å². The van der Waals surface area contributed by atoms with Gasteiger partial charge in [-0.25, -0.2) is 17.9 Å². The van der Waals surface area contributed by atoms with E-state index in [0.717, 1.165) is 0 Å². The molecule has 0 fully saturated rings. The number of rotatable bonds is 5. The molecule has 0 aliphatic carbocycles. The number of benzene rings is 2. The van der Waals surface area contributed by atoms with Gasteiger partial charge in [-0.1, -0.05) is 34.1 Å². The Balaban J connectivity index is 2.15. The number of carboxylic acids is 1. The fraction of sp³-hybridized carbons (Fsp3) is 0.0714. The van der Waals surface area contributed by atoms with E-state index in [2.05, 4.69) is 20.7 Å². The van der Waals surface area contributed by atoms with E-state index in [1.54, 1.807) is 24.3 Å². The maximum atomic E-state index is 12.1. The van der Waals surface area contributed by atoms with Crippen molar-refractivity contribution in [2.24, 2.45) is 0 Å². The number of carboxylic acid groups (broad SMARTS) is 1. The molecule has 0 spiro atoms. The summed E-state index contributed by atoms with van der Waals surface area (Å²) in [7, 11) is -3.64.